The number of nitrogens with zero attached hydrogens (tertiary/aromatic N) is 1. The fourth-order valence-electron chi connectivity index (χ4n) is 3.76. The highest BCUT2D eigenvalue weighted by atomic mass is 35.5. The lowest BCUT2D eigenvalue weighted by molar-refractivity contribution is 0.0973. The van der Waals surface area contributed by atoms with Gasteiger partial charge in [-0.15, -0.1) is 0 Å². The second kappa shape index (κ2) is 6.65. The Labute approximate surface area is 156 Å². The van der Waals surface area contributed by atoms with E-state index in [1.54, 1.807) is 0 Å². The molecule has 2 saturated carbocycles. The van der Waals surface area contributed by atoms with Crippen LogP contribution in [0.2, 0.25) is 5.02 Å². The van der Waals surface area contributed by atoms with Crippen molar-refractivity contribution in [3.63, 3.8) is 0 Å². The molecule has 1 aromatic rings. The lowest BCUT2D eigenvalue weighted by Crippen LogP contribution is -2.49. The largest absolute Gasteiger partial charge is 0.492 e. The first-order valence-corrected chi connectivity index (χ1v) is 10.6. The molecule has 1 heterocycles. The first kappa shape index (κ1) is 18.0. The van der Waals surface area contributed by atoms with E-state index in [-0.39, 0.29) is 10.8 Å². The molecule has 6 nitrogen and oxygen atoms in total. The van der Waals surface area contributed by atoms with E-state index in [2.05, 4.69) is 0 Å². The molecule has 4 rings (SSSR count). The maximum absolute atomic E-state index is 14.3. The van der Waals surface area contributed by atoms with Gasteiger partial charge in [-0.25, -0.2) is 9.11 Å². The number of amides is 1. The van der Waals surface area contributed by atoms with E-state index >= 15 is 0 Å². The van der Waals surface area contributed by atoms with E-state index in [0.29, 0.717) is 25.6 Å². The van der Waals surface area contributed by atoms with E-state index in [4.69, 9.17) is 16.3 Å². The Balaban J connectivity index is 1.42. The predicted molar refractivity (Wildman–Crippen MR) is 93.8 cm³/mol. The highest BCUT2D eigenvalue weighted by Crippen LogP contribution is 2.54. The minimum absolute atomic E-state index is 0.0843. The van der Waals surface area contributed by atoms with Crippen LogP contribution in [0.15, 0.2) is 12.1 Å². The molecule has 1 saturated heterocycles. The van der Waals surface area contributed by atoms with Crippen LogP contribution >= 0.6 is 11.6 Å². The van der Waals surface area contributed by atoms with Crippen LogP contribution in [0.1, 0.15) is 36.0 Å². The minimum Gasteiger partial charge on any atom is -0.492 e. The lowest BCUT2D eigenvalue weighted by atomic mass is 10.1. The average molecular weight is 403 g/mol. The quantitative estimate of drug-likeness (QED) is 0.793. The lowest BCUT2D eigenvalue weighted by Gasteiger charge is -2.29. The molecule has 3 fully saturated rings. The summed E-state index contributed by atoms with van der Waals surface area (Å²) in [6.45, 7) is 1.17. The van der Waals surface area contributed by atoms with Crippen molar-refractivity contribution in [2.75, 3.05) is 19.7 Å². The molecule has 0 bridgehead atoms. The predicted octanol–water partition coefficient (Wildman–Crippen LogP) is 2.58. The second-order valence-corrected chi connectivity index (χ2v) is 9.43. The standard InChI is InChI=1S/C17H20ClFN2O4S/c18-14-7-13(17(22)20-26(23,24)21-2-1-3-21)15(19)8-16(14)25-9-10-4-11-6-12(11)5-10/h7-8,10-12H,1-6,9H2,(H,20,22). The molecule has 142 valence electrons. The van der Waals surface area contributed by atoms with Gasteiger partial charge in [-0.2, -0.15) is 12.7 Å². The first-order valence-electron chi connectivity index (χ1n) is 8.77. The van der Waals surface area contributed by atoms with Crippen molar-refractivity contribution in [2.45, 2.75) is 25.7 Å². The second-order valence-electron chi connectivity index (χ2n) is 7.36. The Morgan fingerprint density at radius 1 is 1.27 bits per heavy atom. The molecular weight excluding hydrogens is 383 g/mol. The van der Waals surface area contributed by atoms with Crippen LogP contribution in [0.5, 0.6) is 5.75 Å². The normalized spacial score (nSPS) is 27.5. The zero-order valence-electron chi connectivity index (χ0n) is 14.1. The molecule has 1 amide bonds. The topological polar surface area (TPSA) is 75.7 Å². The molecule has 9 heteroatoms. The van der Waals surface area contributed by atoms with Crippen molar-refractivity contribution < 1.29 is 22.3 Å². The number of nitrogens with one attached hydrogen (secondary N) is 1. The molecular formula is C17H20ClFN2O4S. The van der Waals surface area contributed by atoms with Gasteiger partial charge in [0.15, 0.2) is 0 Å². The number of ether oxygens (including phenoxy) is 1. The number of benzene rings is 1. The Morgan fingerprint density at radius 3 is 2.58 bits per heavy atom. The number of hydrogen-bond donors (Lipinski definition) is 1. The van der Waals surface area contributed by atoms with Crippen LogP contribution in [-0.2, 0) is 10.2 Å². The van der Waals surface area contributed by atoms with Gasteiger partial charge >= 0.3 is 10.2 Å². The SMILES string of the molecule is O=C(NS(=O)(=O)N1CCC1)c1cc(Cl)c(OCC2CC3CC3C2)cc1F. The van der Waals surface area contributed by atoms with Crippen molar-refractivity contribution in [2.24, 2.45) is 17.8 Å². The van der Waals surface area contributed by atoms with Crippen LogP contribution in [0, 0.1) is 23.6 Å². The Bertz CT molecular complexity index is 833. The maximum Gasteiger partial charge on any atom is 0.304 e. The monoisotopic (exact) mass is 402 g/mol. The minimum atomic E-state index is -3.94. The van der Waals surface area contributed by atoms with Crippen molar-refractivity contribution in [1.82, 2.24) is 9.03 Å². The highest BCUT2D eigenvalue weighted by Gasteiger charge is 2.45. The zero-order chi connectivity index (χ0) is 18.5. The summed E-state index contributed by atoms with van der Waals surface area (Å²) in [4.78, 5) is 12.1. The fraction of sp³-hybridized carbons (Fsp3) is 0.588. The van der Waals surface area contributed by atoms with Crippen LogP contribution in [0.4, 0.5) is 4.39 Å². The molecule has 2 unspecified atom stereocenters. The molecule has 3 aliphatic rings. The first-order chi connectivity index (χ1) is 12.3. The van der Waals surface area contributed by atoms with E-state index < -0.39 is 27.5 Å². The van der Waals surface area contributed by atoms with Gasteiger partial charge in [-0.1, -0.05) is 11.6 Å². The van der Waals surface area contributed by atoms with E-state index in [1.165, 1.54) is 6.42 Å². The molecule has 0 spiro atoms. The van der Waals surface area contributed by atoms with Gasteiger partial charge in [0, 0.05) is 19.2 Å². The maximum atomic E-state index is 14.3. The highest BCUT2D eigenvalue weighted by molar-refractivity contribution is 7.87. The van der Waals surface area contributed by atoms with Gasteiger partial charge in [-0.3, -0.25) is 4.79 Å². The molecule has 1 aromatic carbocycles. The summed E-state index contributed by atoms with van der Waals surface area (Å²) in [7, 11) is -3.94. The van der Waals surface area contributed by atoms with Crippen molar-refractivity contribution in [3.8, 4) is 5.75 Å². The van der Waals surface area contributed by atoms with Crippen LogP contribution in [-0.4, -0.2) is 38.3 Å². The summed E-state index contributed by atoms with van der Waals surface area (Å²) in [6, 6.07) is 2.16. The molecule has 26 heavy (non-hydrogen) atoms. The molecule has 0 radical (unpaired) electrons. The van der Waals surface area contributed by atoms with Crippen molar-refractivity contribution in [3.05, 3.63) is 28.5 Å². The number of carbonyl (C=O) groups is 1. The van der Waals surface area contributed by atoms with E-state index in [1.807, 2.05) is 4.72 Å². The van der Waals surface area contributed by atoms with Crippen molar-refractivity contribution >= 4 is 27.7 Å². The van der Waals surface area contributed by atoms with Crippen molar-refractivity contribution in [1.29, 1.82) is 0 Å². The summed E-state index contributed by atoms with van der Waals surface area (Å²) in [5.74, 6) is 0.383. The van der Waals surface area contributed by atoms with Crippen LogP contribution < -0.4 is 9.46 Å². The van der Waals surface area contributed by atoms with Gasteiger partial charge in [-0.05, 0) is 49.5 Å². The summed E-state index contributed by atoms with van der Waals surface area (Å²) in [5.41, 5.74) is -0.423. The summed E-state index contributed by atoms with van der Waals surface area (Å²) < 4.78 is 46.8. The third-order valence-electron chi connectivity index (χ3n) is 5.46. The number of halogens is 2. The van der Waals surface area contributed by atoms with E-state index in [0.717, 1.165) is 47.5 Å². The third kappa shape index (κ3) is 3.54. The molecule has 1 N–H and O–H groups in total. The number of fused-ring (bicyclic) bond motifs is 1. The zero-order valence-corrected chi connectivity index (χ0v) is 15.7. The third-order valence-corrected chi connectivity index (χ3v) is 7.24. The number of rotatable bonds is 6. The van der Waals surface area contributed by atoms with Gasteiger partial charge in [0.1, 0.15) is 11.6 Å². The molecule has 2 aliphatic carbocycles. The number of hydrogen-bond acceptors (Lipinski definition) is 4. The fourth-order valence-corrected chi connectivity index (χ4v) is 5.19. The smallest absolute Gasteiger partial charge is 0.304 e. The summed E-state index contributed by atoms with van der Waals surface area (Å²) in [6.07, 6.45) is 4.33. The summed E-state index contributed by atoms with van der Waals surface area (Å²) >= 11 is 6.11. The summed E-state index contributed by atoms with van der Waals surface area (Å²) in [5, 5.41) is 0.0843. The Hall–Kier alpha value is -1.38. The Kier molecular flexibility index (Phi) is 4.61. The molecule has 1 aliphatic heterocycles. The van der Waals surface area contributed by atoms with Gasteiger partial charge in [0.2, 0.25) is 0 Å². The Morgan fingerprint density at radius 2 is 1.96 bits per heavy atom. The van der Waals surface area contributed by atoms with Gasteiger partial charge < -0.3 is 4.74 Å². The number of carbonyl (C=O) groups excluding carboxylic acids is 1. The molecule has 2 atom stereocenters. The van der Waals surface area contributed by atoms with Gasteiger partial charge in [0.25, 0.3) is 5.91 Å². The van der Waals surface area contributed by atoms with E-state index in [9.17, 15) is 17.6 Å². The average Bonchev–Trinajstić information content (AvgIpc) is 3.11. The van der Waals surface area contributed by atoms with Crippen LogP contribution in [0.3, 0.4) is 0 Å². The van der Waals surface area contributed by atoms with Crippen LogP contribution in [0.25, 0.3) is 0 Å². The van der Waals surface area contributed by atoms with Gasteiger partial charge in [0.05, 0.1) is 17.2 Å². The molecule has 0 aromatic heterocycles.